The van der Waals surface area contributed by atoms with Gasteiger partial charge in [-0.15, -0.1) is 0 Å². The van der Waals surface area contributed by atoms with Gasteiger partial charge in [0.15, 0.2) is 0 Å². The van der Waals surface area contributed by atoms with Crippen LogP contribution in [0.3, 0.4) is 0 Å². The Morgan fingerprint density at radius 1 is 1.40 bits per heavy atom. The van der Waals surface area contributed by atoms with Crippen molar-refractivity contribution < 1.29 is 4.79 Å². The molecule has 0 heterocycles. The Morgan fingerprint density at radius 3 is 2.90 bits per heavy atom. The number of nitrogens with one attached hydrogen (secondary N) is 2. The summed E-state index contributed by atoms with van der Waals surface area (Å²) in [4.78, 5) is 11.9. The second-order valence-corrected chi connectivity index (χ2v) is 6.24. The number of hydrogen-bond acceptors (Lipinski definition) is 2. The summed E-state index contributed by atoms with van der Waals surface area (Å²) < 4.78 is 0. The molecule has 0 radical (unpaired) electrons. The van der Waals surface area contributed by atoms with Crippen LogP contribution in [-0.2, 0) is 4.79 Å². The zero-order chi connectivity index (χ0) is 14.5. The van der Waals surface area contributed by atoms with Crippen LogP contribution in [0.2, 0.25) is 5.02 Å². The first kappa shape index (κ1) is 15.3. The number of benzene rings is 1. The first-order valence-electron chi connectivity index (χ1n) is 7.33. The van der Waals surface area contributed by atoms with E-state index in [1.165, 1.54) is 19.3 Å². The maximum atomic E-state index is 11.9. The van der Waals surface area contributed by atoms with Gasteiger partial charge in [-0.2, -0.15) is 0 Å². The van der Waals surface area contributed by atoms with Crippen LogP contribution in [0, 0.1) is 18.8 Å². The van der Waals surface area contributed by atoms with Gasteiger partial charge in [0.2, 0.25) is 5.91 Å². The molecule has 0 aromatic heterocycles. The smallest absolute Gasteiger partial charge is 0.238 e. The molecule has 1 aromatic rings. The van der Waals surface area contributed by atoms with Gasteiger partial charge in [-0.25, -0.2) is 0 Å². The zero-order valence-corrected chi connectivity index (χ0v) is 13.0. The van der Waals surface area contributed by atoms with E-state index in [9.17, 15) is 4.79 Å². The van der Waals surface area contributed by atoms with E-state index >= 15 is 0 Å². The van der Waals surface area contributed by atoms with Gasteiger partial charge in [0, 0.05) is 10.7 Å². The molecule has 2 atom stereocenters. The fraction of sp³-hybridized carbons (Fsp3) is 0.562. The maximum Gasteiger partial charge on any atom is 0.238 e. The fourth-order valence-corrected chi connectivity index (χ4v) is 2.99. The second-order valence-electron chi connectivity index (χ2n) is 5.81. The molecule has 20 heavy (non-hydrogen) atoms. The van der Waals surface area contributed by atoms with Crippen molar-refractivity contribution in [2.75, 3.05) is 18.4 Å². The van der Waals surface area contributed by atoms with Crippen molar-refractivity contribution in [1.29, 1.82) is 0 Å². The Morgan fingerprint density at radius 2 is 2.20 bits per heavy atom. The van der Waals surface area contributed by atoms with Crippen LogP contribution in [0.4, 0.5) is 5.69 Å². The minimum atomic E-state index is -0.0129. The quantitative estimate of drug-likeness (QED) is 0.871. The molecule has 0 bridgehead atoms. The number of rotatable bonds is 5. The van der Waals surface area contributed by atoms with Gasteiger partial charge >= 0.3 is 0 Å². The predicted octanol–water partition coefficient (Wildman–Crippen LogP) is 3.61. The van der Waals surface area contributed by atoms with Crippen LogP contribution in [-0.4, -0.2) is 19.0 Å². The van der Waals surface area contributed by atoms with Crippen molar-refractivity contribution in [2.45, 2.75) is 33.1 Å². The summed E-state index contributed by atoms with van der Waals surface area (Å²) in [6.07, 6.45) is 3.92. The molecule has 0 saturated heterocycles. The largest absolute Gasteiger partial charge is 0.325 e. The molecule has 1 saturated carbocycles. The molecule has 4 heteroatoms. The van der Waals surface area contributed by atoms with Crippen molar-refractivity contribution in [2.24, 2.45) is 11.8 Å². The SMILES string of the molecule is Cc1ccc(Cl)cc1NC(=O)CNCC1CCCC1C. The molecule has 3 nitrogen and oxygen atoms in total. The van der Waals surface area contributed by atoms with Crippen molar-refractivity contribution in [3.63, 3.8) is 0 Å². The van der Waals surface area contributed by atoms with Gasteiger partial charge in [0.25, 0.3) is 0 Å². The van der Waals surface area contributed by atoms with Gasteiger partial charge in [-0.1, -0.05) is 37.4 Å². The number of aryl methyl sites for hydroxylation is 1. The third-order valence-corrected chi connectivity index (χ3v) is 4.44. The Hall–Kier alpha value is -1.06. The zero-order valence-electron chi connectivity index (χ0n) is 12.2. The lowest BCUT2D eigenvalue weighted by Gasteiger charge is -2.16. The molecule has 1 amide bonds. The summed E-state index contributed by atoms with van der Waals surface area (Å²) in [6, 6.07) is 5.52. The van der Waals surface area contributed by atoms with E-state index < -0.39 is 0 Å². The number of amides is 1. The summed E-state index contributed by atoms with van der Waals surface area (Å²) in [7, 11) is 0. The van der Waals surface area contributed by atoms with Crippen LogP contribution in [0.15, 0.2) is 18.2 Å². The Balaban J connectivity index is 1.76. The maximum absolute atomic E-state index is 11.9. The number of anilines is 1. The highest BCUT2D eigenvalue weighted by atomic mass is 35.5. The van der Waals surface area contributed by atoms with E-state index in [0.29, 0.717) is 11.6 Å². The van der Waals surface area contributed by atoms with Gasteiger partial charge in [0.1, 0.15) is 0 Å². The third kappa shape index (κ3) is 4.22. The fourth-order valence-electron chi connectivity index (χ4n) is 2.82. The van der Waals surface area contributed by atoms with Crippen molar-refractivity contribution in [3.05, 3.63) is 28.8 Å². The molecule has 2 rings (SSSR count). The summed E-state index contributed by atoms with van der Waals surface area (Å²) in [6.45, 7) is 5.55. The van der Waals surface area contributed by atoms with E-state index in [1.807, 2.05) is 19.1 Å². The molecule has 2 unspecified atom stereocenters. The topological polar surface area (TPSA) is 41.1 Å². The Labute approximate surface area is 126 Å². The minimum Gasteiger partial charge on any atom is -0.325 e. The standard InChI is InChI=1S/C16H23ClN2O/c1-11-4-3-5-13(11)9-18-10-16(20)19-15-8-14(17)7-6-12(15)2/h6-8,11,13,18H,3-5,9-10H2,1-2H3,(H,19,20). The van der Waals surface area contributed by atoms with Crippen molar-refractivity contribution in [3.8, 4) is 0 Å². The van der Waals surface area contributed by atoms with Crippen LogP contribution < -0.4 is 10.6 Å². The van der Waals surface area contributed by atoms with E-state index in [0.717, 1.165) is 29.6 Å². The number of carbonyl (C=O) groups excluding carboxylic acids is 1. The molecule has 1 fully saturated rings. The summed E-state index contributed by atoms with van der Waals surface area (Å²) in [5.41, 5.74) is 1.81. The normalized spacial score (nSPS) is 21.9. The minimum absolute atomic E-state index is 0.0129. The highest BCUT2D eigenvalue weighted by molar-refractivity contribution is 6.31. The van der Waals surface area contributed by atoms with Gasteiger partial charge < -0.3 is 10.6 Å². The molecule has 1 aromatic carbocycles. The molecule has 1 aliphatic carbocycles. The number of hydrogen-bond donors (Lipinski definition) is 2. The third-order valence-electron chi connectivity index (χ3n) is 4.20. The van der Waals surface area contributed by atoms with Crippen LogP contribution in [0.25, 0.3) is 0 Å². The van der Waals surface area contributed by atoms with Crippen LogP contribution in [0.1, 0.15) is 31.7 Å². The van der Waals surface area contributed by atoms with Gasteiger partial charge in [-0.05, 0) is 49.4 Å². The first-order chi connectivity index (χ1) is 9.56. The van der Waals surface area contributed by atoms with Crippen LogP contribution >= 0.6 is 11.6 Å². The summed E-state index contributed by atoms with van der Waals surface area (Å²) in [5, 5.41) is 6.81. The lowest BCUT2D eigenvalue weighted by Crippen LogP contribution is -2.32. The molecular weight excluding hydrogens is 272 g/mol. The van der Waals surface area contributed by atoms with Gasteiger partial charge in [0.05, 0.1) is 6.54 Å². The Kier molecular flexibility index (Phi) is 5.44. The van der Waals surface area contributed by atoms with E-state index in [1.54, 1.807) is 6.07 Å². The van der Waals surface area contributed by atoms with E-state index in [2.05, 4.69) is 17.6 Å². The highest BCUT2D eigenvalue weighted by Crippen LogP contribution is 2.30. The summed E-state index contributed by atoms with van der Waals surface area (Å²) >= 11 is 5.94. The lowest BCUT2D eigenvalue weighted by atomic mass is 9.98. The van der Waals surface area contributed by atoms with Crippen LogP contribution in [0.5, 0.6) is 0 Å². The molecule has 110 valence electrons. The van der Waals surface area contributed by atoms with Crippen molar-refractivity contribution >= 4 is 23.2 Å². The lowest BCUT2D eigenvalue weighted by molar-refractivity contribution is -0.115. The monoisotopic (exact) mass is 294 g/mol. The molecule has 0 spiro atoms. The van der Waals surface area contributed by atoms with Gasteiger partial charge in [-0.3, -0.25) is 4.79 Å². The highest BCUT2D eigenvalue weighted by Gasteiger charge is 2.22. The first-order valence-corrected chi connectivity index (χ1v) is 7.71. The summed E-state index contributed by atoms with van der Waals surface area (Å²) in [5.74, 6) is 1.48. The second kappa shape index (κ2) is 7.09. The van der Waals surface area contributed by atoms with Crippen molar-refractivity contribution in [1.82, 2.24) is 5.32 Å². The average Bonchev–Trinajstić information content (AvgIpc) is 2.80. The molecule has 0 aliphatic heterocycles. The molecule has 1 aliphatic rings. The Bertz CT molecular complexity index is 476. The number of carbonyl (C=O) groups is 1. The van der Waals surface area contributed by atoms with E-state index in [-0.39, 0.29) is 5.91 Å². The number of halogens is 1. The van der Waals surface area contributed by atoms with E-state index in [4.69, 9.17) is 11.6 Å². The average molecular weight is 295 g/mol. The molecular formula is C16H23ClN2O. The predicted molar refractivity (Wildman–Crippen MR) is 84.2 cm³/mol. The molecule has 2 N–H and O–H groups in total.